The van der Waals surface area contributed by atoms with E-state index in [1.807, 2.05) is 48.5 Å². The Morgan fingerprint density at radius 1 is 1.04 bits per heavy atom. The number of anilines is 2. The fraction of sp³-hybridized carbons (Fsp3) is 0.0476. The number of benzene rings is 3. The zero-order valence-corrected chi connectivity index (χ0v) is 16.2. The van der Waals surface area contributed by atoms with Crippen molar-refractivity contribution in [3.8, 4) is 10.6 Å². The molecule has 4 aromatic rings. The second-order valence-electron chi connectivity index (χ2n) is 6.09. The van der Waals surface area contributed by atoms with Crippen LogP contribution in [0.25, 0.3) is 20.8 Å². The number of fused-ring (bicyclic) bond motifs is 1. The first-order valence-electron chi connectivity index (χ1n) is 8.53. The Balaban J connectivity index is 1.38. The van der Waals surface area contributed by atoms with Crippen molar-refractivity contribution in [2.75, 3.05) is 17.2 Å². The van der Waals surface area contributed by atoms with Crippen molar-refractivity contribution < 1.29 is 9.18 Å². The van der Waals surface area contributed by atoms with Crippen LogP contribution >= 0.6 is 22.9 Å². The van der Waals surface area contributed by atoms with Gasteiger partial charge in [-0.3, -0.25) is 4.79 Å². The summed E-state index contributed by atoms with van der Waals surface area (Å²) in [6, 6.07) is 19.8. The van der Waals surface area contributed by atoms with Crippen molar-refractivity contribution in [1.29, 1.82) is 0 Å². The molecule has 2 N–H and O–H groups in total. The summed E-state index contributed by atoms with van der Waals surface area (Å²) in [7, 11) is 0. The van der Waals surface area contributed by atoms with Crippen LogP contribution in [-0.2, 0) is 4.79 Å². The van der Waals surface area contributed by atoms with Gasteiger partial charge in [-0.2, -0.15) is 0 Å². The highest BCUT2D eigenvalue weighted by Crippen LogP contribution is 2.30. The van der Waals surface area contributed by atoms with E-state index >= 15 is 0 Å². The van der Waals surface area contributed by atoms with Crippen LogP contribution in [0, 0.1) is 5.82 Å². The maximum Gasteiger partial charge on any atom is 0.243 e. The van der Waals surface area contributed by atoms with E-state index in [0.717, 1.165) is 20.8 Å². The molecular weight excluding hydrogens is 397 g/mol. The maximum absolute atomic E-state index is 13.2. The lowest BCUT2D eigenvalue weighted by molar-refractivity contribution is -0.114. The topological polar surface area (TPSA) is 54.0 Å². The predicted molar refractivity (Wildman–Crippen MR) is 114 cm³/mol. The normalized spacial score (nSPS) is 10.8. The number of rotatable bonds is 5. The number of thiazole rings is 1. The lowest BCUT2D eigenvalue weighted by Gasteiger charge is -2.09. The lowest BCUT2D eigenvalue weighted by Crippen LogP contribution is -2.21. The third kappa shape index (κ3) is 4.13. The van der Waals surface area contributed by atoms with E-state index in [2.05, 4.69) is 15.6 Å². The van der Waals surface area contributed by atoms with Gasteiger partial charge in [-0.15, -0.1) is 11.3 Å². The van der Waals surface area contributed by atoms with E-state index in [0.29, 0.717) is 11.4 Å². The van der Waals surface area contributed by atoms with Crippen molar-refractivity contribution >= 4 is 50.4 Å². The number of halogens is 2. The van der Waals surface area contributed by atoms with Gasteiger partial charge in [0.25, 0.3) is 0 Å². The van der Waals surface area contributed by atoms with Crippen molar-refractivity contribution in [2.45, 2.75) is 0 Å². The molecule has 0 saturated carbocycles. The van der Waals surface area contributed by atoms with Crippen LogP contribution in [0.2, 0.25) is 5.02 Å². The van der Waals surface area contributed by atoms with Crippen LogP contribution in [0.3, 0.4) is 0 Å². The number of aromatic nitrogens is 1. The van der Waals surface area contributed by atoms with E-state index in [1.54, 1.807) is 11.3 Å². The van der Waals surface area contributed by atoms with E-state index < -0.39 is 5.82 Å². The van der Waals surface area contributed by atoms with Crippen LogP contribution in [0.1, 0.15) is 0 Å². The summed E-state index contributed by atoms with van der Waals surface area (Å²) >= 11 is 7.36. The van der Waals surface area contributed by atoms with Crippen molar-refractivity contribution in [3.05, 3.63) is 77.6 Å². The van der Waals surface area contributed by atoms with Gasteiger partial charge in [0.2, 0.25) is 5.91 Å². The van der Waals surface area contributed by atoms with Crippen LogP contribution in [0.4, 0.5) is 15.8 Å². The first-order chi connectivity index (χ1) is 13.6. The van der Waals surface area contributed by atoms with Crippen molar-refractivity contribution in [3.63, 3.8) is 0 Å². The average molecular weight is 412 g/mol. The fourth-order valence-electron chi connectivity index (χ4n) is 2.69. The molecule has 1 amide bonds. The monoisotopic (exact) mass is 411 g/mol. The van der Waals surface area contributed by atoms with Crippen LogP contribution in [0.5, 0.6) is 0 Å². The molecular formula is C21H15ClFN3OS. The van der Waals surface area contributed by atoms with Gasteiger partial charge in [-0.05, 0) is 54.6 Å². The number of para-hydroxylation sites is 1. The predicted octanol–water partition coefficient (Wildman–Crippen LogP) is 5.81. The van der Waals surface area contributed by atoms with Crippen LogP contribution in [0.15, 0.2) is 66.7 Å². The molecule has 1 heterocycles. The van der Waals surface area contributed by atoms with E-state index in [-0.39, 0.29) is 17.5 Å². The number of nitrogens with one attached hydrogen (secondary N) is 2. The second-order valence-corrected chi connectivity index (χ2v) is 7.53. The molecule has 0 radical (unpaired) electrons. The van der Waals surface area contributed by atoms with Gasteiger partial charge in [0, 0.05) is 16.9 Å². The second kappa shape index (κ2) is 7.96. The van der Waals surface area contributed by atoms with E-state index in [1.165, 1.54) is 18.2 Å². The zero-order valence-electron chi connectivity index (χ0n) is 14.6. The molecule has 4 nitrogen and oxygen atoms in total. The number of carbonyl (C=O) groups is 1. The summed E-state index contributed by atoms with van der Waals surface area (Å²) in [6.45, 7) is 0.0432. The van der Waals surface area contributed by atoms with Gasteiger partial charge in [0.05, 0.1) is 21.8 Å². The summed E-state index contributed by atoms with van der Waals surface area (Å²) in [5.74, 6) is -0.710. The highest BCUT2D eigenvalue weighted by molar-refractivity contribution is 7.21. The van der Waals surface area contributed by atoms with E-state index in [9.17, 15) is 9.18 Å². The Morgan fingerprint density at radius 2 is 1.79 bits per heavy atom. The fourth-order valence-corrected chi connectivity index (χ4v) is 3.84. The molecule has 28 heavy (non-hydrogen) atoms. The highest BCUT2D eigenvalue weighted by atomic mass is 35.5. The largest absolute Gasteiger partial charge is 0.376 e. The smallest absolute Gasteiger partial charge is 0.243 e. The number of amides is 1. The van der Waals surface area contributed by atoms with Crippen molar-refractivity contribution in [2.24, 2.45) is 0 Å². The van der Waals surface area contributed by atoms with Gasteiger partial charge in [0.1, 0.15) is 10.8 Å². The molecule has 0 spiro atoms. The van der Waals surface area contributed by atoms with Crippen LogP contribution in [-0.4, -0.2) is 17.4 Å². The molecule has 0 bridgehead atoms. The molecule has 0 unspecified atom stereocenters. The molecule has 1 aromatic heterocycles. The first kappa shape index (κ1) is 18.4. The number of carbonyl (C=O) groups excluding carboxylic acids is 1. The molecule has 0 atom stereocenters. The first-order valence-corrected chi connectivity index (χ1v) is 9.73. The zero-order chi connectivity index (χ0) is 19.5. The quantitative estimate of drug-likeness (QED) is 0.436. The Labute approximate surface area is 170 Å². The Bertz CT molecular complexity index is 1110. The third-order valence-corrected chi connectivity index (χ3v) is 5.46. The van der Waals surface area contributed by atoms with E-state index in [4.69, 9.17) is 11.6 Å². The Kier molecular flexibility index (Phi) is 5.23. The molecule has 3 aromatic carbocycles. The van der Waals surface area contributed by atoms with Gasteiger partial charge in [-0.25, -0.2) is 9.37 Å². The minimum atomic E-state index is -0.495. The summed E-state index contributed by atoms with van der Waals surface area (Å²) in [6.07, 6.45) is 0. The summed E-state index contributed by atoms with van der Waals surface area (Å²) in [5.41, 5.74) is 3.24. The maximum atomic E-state index is 13.2. The van der Waals surface area contributed by atoms with Gasteiger partial charge >= 0.3 is 0 Å². The third-order valence-electron chi connectivity index (χ3n) is 4.08. The van der Waals surface area contributed by atoms with Gasteiger partial charge < -0.3 is 10.6 Å². The molecule has 4 rings (SSSR count). The Hall–Kier alpha value is -2.96. The standard InChI is InChI=1S/C21H15ClFN3OS/c22-16-11-15(9-10-17(16)23)24-12-20(27)25-14-7-5-13(6-8-14)21-26-18-3-1-2-4-19(18)28-21/h1-11,24H,12H2,(H,25,27). The van der Waals surface area contributed by atoms with Crippen molar-refractivity contribution in [1.82, 2.24) is 4.98 Å². The summed E-state index contributed by atoms with van der Waals surface area (Å²) in [5, 5.41) is 6.68. The lowest BCUT2D eigenvalue weighted by atomic mass is 10.2. The summed E-state index contributed by atoms with van der Waals surface area (Å²) in [4.78, 5) is 16.8. The number of hydrogen-bond donors (Lipinski definition) is 2. The molecule has 0 aliphatic rings. The minimum absolute atomic E-state index is 0.0100. The molecule has 0 aliphatic carbocycles. The van der Waals surface area contributed by atoms with Gasteiger partial charge in [-0.1, -0.05) is 23.7 Å². The average Bonchev–Trinajstić information content (AvgIpc) is 3.14. The molecule has 0 saturated heterocycles. The molecule has 0 aliphatic heterocycles. The van der Waals surface area contributed by atoms with Gasteiger partial charge in [0.15, 0.2) is 0 Å². The molecule has 7 heteroatoms. The number of nitrogens with zero attached hydrogens (tertiary/aromatic N) is 1. The minimum Gasteiger partial charge on any atom is -0.376 e. The van der Waals surface area contributed by atoms with Crippen LogP contribution < -0.4 is 10.6 Å². The SMILES string of the molecule is O=C(CNc1ccc(F)c(Cl)c1)Nc1ccc(-c2nc3ccccc3s2)cc1. The molecule has 140 valence electrons. The molecule has 0 fully saturated rings. The summed E-state index contributed by atoms with van der Waals surface area (Å²) < 4.78 is 14.3. The highest BCUT2D eigenvalue weighted by Gasteiger charge is 2.08. The Morgan fingerprint density at radius 3 is 2.54 bits per heavy atom. The number of hydrogen-bond acceptors (Lipinski definition) is 4.